The van der Waals surface area contributed by atoms with Crippen molar-refractivity contribution >= 4 is 11.7 Å². The Morgan fingerprint density at radius 1 is 1.19 bits per heavy atom. The van der Waals surface area contributed by atoms with Crippen LogP contribution in [-0.4, -0.2) is 52.4 Å². The summed E-state index contributed by atoms with van der Waals surface area (Å²) in [5.74, 6) is 1.69. The molecular formula is C20H27N3O4. The molecule has 1 atom stereocenters. The summed E-state index contributed by atoms with van der Waals surface area (Å²) >= 11 is 0. The van der Waals surface area contributed by atoms with Gasteiger partial charge in [-0.05, 0) is 36.8 Å². The van der Waals surface area contributed by atoms with Crippen LogP contribution in [0.5, 0.6) is 11.5 Å². The van der Waals surface area contributed by atoms with E-state index in [0.717, 1.165) is 5.56 Å². The smallest absolute Gasteiger partial charge is 0.255 e. The standard InChI is InChI=1S/C20H27N3O4/c1-14(22-20(24)16-7-6-10-21-19(16)23(2)3)15-8-9-17(18(13-15)26-5)27-12-11-25-4/h6-10,13-14H,11-12H2,1-5H3,(H,22,24). The van der Waals surface area contributed by atoms with Gasteiger partial charge in [-0.25, -0.2) is 4.98 Å². The highest BCUT2D eigenvalue weighted by Gasteiger charge is 2.17. The summed E-state index contributed by atoms with van der Waals surface area (Å²) in [5.41, 5.74) is 1.44. The Labute approximate surface area is 160 Å². The maximum absolute atomic E-state index is 12.7. The van der Waals surface area contributed by atoms with E-state index in [2.05, 4.69) is 10.3 Å². The highest BCUT2D eigenvalue weighted by Crippen LogP contribution is 2.30. The lowest BCUT2D eigenvalue weighted by atomic mass is 10.1. The number of nitrogens with one attached hydrogen (secondary N) is 1. The zero-order chi connectivity index (χ0) is 19.8. The Bertz CT molecular complexity index is 765. The maximum atomic E-state index is 12.7. The number of carbonyl (C=O) groups excluding carboxylic acids is 1. The molecule has 0 aliphatic heterocycles. The number of benzene rings is 1. The third-order valence-corrected chi connectivity index (χ3v) is 4.04. The van der Waals surface area contributed by atoms with Gasteiger partial charge in [-0.1, -0.05) is 6.07 Å². The molecule has 1 N–H and O–H groups in total. The summed E-state index contributed by atoms with van der Waals surface area (Å²) < 4.78 is 16.0. The number of methoxy groups -OCH3 is 2. The summed E-state index contributed by atoms with van der Waals surface area (Å²) in [7, 11) is 6.92. The second kappa shape index (κ2) is 9.78. The van der Waals surface area contributed by atoms with Crippen LogP contribution in [0.25, 0.3) is 0 Å². The molecular weight excluding hydrogens is 346 g/mol. The van der Waals surface area contributed by atoms with Crippen molar-refractivity contribution < 1.29 is 19.0 Å². The van der Waals surface area contributed by atoms with E-state index in [9.17, 15) is 4.79 Å². The molecule has 27 heavy (non-hydrogen) atoms. The Balaban J connectivity index is 2.13. The van der Waals surface area contributed by atoms with Crippen molar-refractivity contribution in [2.45, 2.75) is 13.0 Å². The number of ether oxygens (including phenoxy) is 3. The molecule has 2 rings (SSSR count). The predicted molar refractivity (Wildman–Crippen MR) is 105 cm³/mol. The van der Waals surface area contributed by atoms with Gasteiger partial charge in [0.05, 0.1) is 25.3 Å². The quantitative estimate of drug-likeness (QED) is 0.682. The van der Waals surface area contributed by atoms with Gasteiger partial charge in [0.15, 0.2) is 11.5 Å². The van der Waals surface area contributed by atoms with Gasteiger partial charge in [-0.3, -0.25) is 4.79 Å². The fourth-order valence-electron chi connectivity index (χ4n) is 2.60. The lowest BCUT2D eigenvalue weighted by molar-refractivity contribution is 0.0940. The zero-order valence-corrected chi connectivity index (χ0v) is 16.5. The number of pyridine rings is 1. The van der Waals surface area contributed by atoms with Gasteiger partial charge >= 0.3 is 0 Å². The first-order valence-corrected chi connectivity index (χ1v) is 8.70. The second-order valence-electron chi connectivity index (χ2n) is 6.22. The Morgan fingerprint density at radius 2 is 1.96 bits per heavy atom. The van der Waals surface area contributed by atoms with Crippen LogP contribution in [0, 0.1) is 0 Å². The summed E-state index contributed by atoms with van der Waals surface area (Å²) in [6.45, 7) is 2.85. The number of rotatable bonds is 9. The van der Waals surface area contributed by atoms with E-state index in [1.165, 1.54) is 0 Å². The number of hydrogen-bond acceptors (Lipinski definition) is 6. The molecule has 1 aromatic carbocycles. The van der Waals surface area contributed by atoms with E-state index in [4.69, 9.17) is 14.2 Å². The van der Waals surface area contributed by atoms with Crippen molar-refractivity contribution in [3.63, 3.8) is 0 Å². The van der Waals surface area contributed by atoms with Crippen LogP contribution >= 0.6 is 0 Å². The van der Waals surface area contributed by atoms with Crippen molar-refractivity contribution in [1.82, 2.24) is 10.3 Å². The predicted octanol–water partition coefficient (Wildman–Crippen LogP) is 2.67. The third-order valence-electron chi connectivity index (χ3n) is 4.04. The summed E-state index contributed by atoms with van der Waals surface area (Å²) in [5, 5.41) is 3.01. The average Bonchev–Trinajstić information content (AvgIpc) is 2.68. The second-order valence-corrected chi connectivity index (χ2v) is 6.22. The van der Waals surface area contributed by atoms with Crippen LogP contribution in [0.1, 0.15) is 28.9 Å². The molecule has 2 aromatic rings. The Kier molecular flexibility index (Phi) is 7.43. The van der Waals surface area contributed by atoms with Gasteiger partial charge in [0.2, 0.25) is 0 Å². The van der Waals surface area contributed by atoms with Gasteiger partial charge in [0, 0.05) is 27.4 Å². The van der Waals surface area contributed by atoms with E-state index < -0.39 is 0 Å². The summed E-state index contributed by atoms with van der Waals surface area (Å²) in [4.78, 5) is 18.8. The monoisotopic (exact) mass is 373 g/mol. The maximum Gasteiger partial charge on any atom is 0.255 e. The lowest BCUT2D eigenvalue weighted by Crippen LogP contribution is -2.28. The molecule has 1 amide bonds. The molecule has 1 aromatic heterocycles. The molecule has 7 nitrogen and oxygen atoms in total. The third kappa shape index (κ3) is 5.34. The van der Waals surface area contributed by atoms with Crippen LogP contribution in [0.2, 0.25) is 0 Å². The minimum atomic E-state index is -0.213. The topological polar surface area (TPSA) is 72.9 Å². The van der Waals surface area contributed by atoms with Crippen molar-refractivity contribution in [2.75, 3.05) is 46.4 Å². The van der Waals surface area contributed by atoms with Crippen molar-refractivity contribution in [2.24, 2.45) is 0 Å². The van der Waals surface area contributed by atoms with E-state index in [-0.39, 0.29) is 11.9 Å². The highest BCUT2D eigenvalue weighted by molar-refractivity contribution is 5.99. The number of amides is 1. The molecule has 0 spiro atoms. The molecule has 0 saturated carbocycles. The fraction of sp³-hybridized carbons (Fsp3) is 0.400. The highest BCUT2D eigenvalue weighted by atomic mass is 16.5. The van der Waals surface area contributed by atoms with Crippen molar-refractivity contribution in [3.05, 3.63) is 47.7 Å². The van der Waals surface area contributed by atoms with Crippen LogP contribution in [-0.2, 0) is 4.74 Å². The SMILES string of the molecule is COCCOc1ccc(C(C)NC(=O)c2cccnc2N(C)C)cc1OC. The van der Waals surface area contributed by atoms with Crippen LogP contribution in [0.4, 0.5) is 5.82 Å². The summed E-state index contributed by atoms with van der Waals surface area (Å²) in [6.07, 6.45) is 1.67. The van der Waals surface area contributed by atoms with E-state index >= 15 is 0 Å². The molecule has 0 aliphatic carbocycles. The number of aromatic nitrogens is 1. The van der Waals surface area contributed by atoms with Crippen molar-refractivity contribution in [1.29, 1.82) is 0 Å². The van der Waals surface area contributed by atoms with E-state index in [1.54, 1.807) is 32.5 Å². The molecule has 0 aliphatic rings. The molecule has 1 heterocycles. The van der Waals surface area contributed by atoms with E-state index in [1.807, 2.05) is 44.1 Å². The van der Waals surface area contributed by atoms with Gasteiger partial charge in [-0.15, -0.1) is 0 Å². The van der Waals surface area contributed by atoms with Gasteiger partial charge in [-0.2, -0.15) is 0 Å². The lowest BCUT2D eigenvalue weighted by Gasteiger charge is -2.19. The van der Waals surface area contributed by atoms with Crippen LogP contribution in [0.15, 0.2) is 36.5 Å². The van der Waals surface area contributed by atoms with Gasteiger partial charge in [0.25, 0.3) is 5.91 Å². The molecule has 0 radical (unpaired) electrons. The first kappa shape index (κ1) is 20.5. The average molecular weight is 373 g/mol. The fourth-order valence-corrected chi connectivity index (χ4v) is 2.60. The van der Waals surface area contributed by atoms with Crippen molar-refractivity contribution in [3.8, 4) is 11.5 Å². The number of nitrogens with zero attached hydrogens (tertiary/aromatic N) is 2. The Hall–Kier alpha value is -2.80. The minimum Gasteiger partial charge on any atom is -0.493 e. The minimum absolute atomic E-state index is 0.182. The Morgan fingerprint density at radius 3 is 2.63 bits per heavy atom. The number of anilines is 1. The number of hydrogen-bond donors (Lipinski definition) is 1. The molecule has 7 heteroatoms. The van der Waals surface area contributed by atoms with E-state index in [0.29, 0.717) is 36.1 Å². The normalized spacial score (nSPS) is 11.6. The van der Waals surface area contributed by atoms with Gasteiger partial charge < -0.3 is 24.4 Å². The molecule has 0 saturated heterocycles. The largest absolute Gasteiger partial charge is 0.493 e. The molecule has 1 unspecified atom stereocenters. The first-order chi connectivity index (χ1) is 13.0. The summed E-state index contributed by atoms with van der Waals surface area (Å²) in [6, 6.07) is 8.91. The van der Waals surface area contributed by atoms with Crippen LogP contribution < -0.4 is 19.7 Å². The molecule has 0 fully saturated rings. The van der Waals surface area contributed by atoms with Gasteiger partial charge in [0.1, 0.15) is 12.4 Å². The van der Waals surface area contributed by atoms with Crippen LogP contribution in [0.3, 0.4) is 0 Å². The first-order valence-electron chi connectivity index (χ1n) is 8.70. The molecule has 0 bridgehead atoms. The zero-order valence-electron chi connectivity index (χ0n) is 16.5. The molecule has 146 valence electrons. The number of carbonyl (C=O) groups is 1.